The standard InChI is InChI=1S/C26H32N2O6/c1-4-32-22-15-19(16-23(33-5-2)24(22)34-6-3)21(29)17-28-14-10-13-20(28)26(31)27-25(30)18-11-8-7-9-12-18/h7-9,11-12,15-16,20H,4-6,10,13-14,17H2,1-3H3,(H,27,30,31)/t20-/m0/s1. The van der Waals surface area contributed by atoms with Gasteiger partial charge in [-0.15, -0.1) is 0 Å². The number of benzene rings is 2. The molecular formula is C26H32N2O6. The maximum Gasteiger partial charge on any atom is 0.257 e. The highest BCUT2D eigenvalue weighted by atomic mass is 16.5. The Morgan fingerprint density at radius 1 is 0.912 bits per heavy atom. The molecule has 8 heteroatoms. The van der Waals surface area contributed by atoms with E-state index >= 15 is 0 Å². The molecule has 8 nitrogen and oxygen atoms in total. The summed E-state index contributed by atoms with van der Waals surface area (Å²) in [5, 5.41) is 2.47. The molecule has 2 aromatic carbocycles. The lowest BCUT2D eigenvalue weighted by Gasteiger charge is -2.23. The lowest BCUT2D eigenvalue weighted by molar-refractivity contribution is -0.124. The van der Waals surface area contributed by atoms with E-state index in [0.29, 0.717) is 61.2 Å². The zero-order valence-electron chi connectivity index (χ0n) is 20.0. The largest absolute Gasteiger partial charge is 0.490 e. The number of imide groups is 1. The summed E-state index contributed by atoms with van der Waals surface area (Å²) in [6, 6.07) is 11.3. The van der Waals surface area contributed by atoms with E-state index in [9.17, 15) is 14.4 Å². The summed E-state index contributed by atoms with van der Waals surface area (Å²) in [6.45, 7) is 7.47. The third-order valence-corrected chi connectivity index (χ3v) is 5.52. The maximum absolute atomic E-state index is 13.2. The third kappa shape index (κ3) is 6.14. The van der Waals surface area contributed by atoms with E-state index < -0.39 is 17.9 Å². The molecule has 0 spiro atoms. The molecule has 1 aliphatic heterocycles. The second-order valence-corrected chi connectivity index (χ2v) is 7.84. The Bertz CT molecular complexity index is 981. The van der Waals surface area contributed by atoms with Gasteiger partial charge in [0.05, 0.1) is 32.4 Å². The van der Waals surface area contributed by atoms with Crippen molar-refractivity contribution >= 4 is 17.6 Å². The van der Waals surface area contributed by atoms with Gasteiger partial charge in [-0.1, -0.05) is 18.2 Å². The monoisotopic (exact) mass is 468 g/mol. The summed E-state index contributed by atoms with van der Waals surface area (Å²) >= 11 is 0. The Kier molecular flexibility index (Phi) is 9.04. The van der Waals surface area contributed by atoms with Gasteiger partial charge in [-0.2, -0.15) is 0 Å². The van der Waals surface area contributed by atoms with Crippen molar-refractivity contribution in [1.82, 2.24) is 10.2 Å². The molecule has 0 bridgehead atoms. The number of rotatable bonds is 11. The smallest absolute Gasteiger partial charge is 0.257 e. The molecule has 2 amide bonds. The molecule has 1 atom stereocenters. The lowest BCUT2D eigenvalue weighted by atomic mass is 10.1. The van der Waals surface area contributed by atoms with Crippen LogP contribution in [-0.2, 0) is 4.79 Å². The Balaban J connectivity index is 1.74. The van der Waals surface area contributed by atoms with Gasteiger partial charge in [0.2, 0.25) is 11.7 Å². The van der Waals surface area contributed by atoms with Gasteiger partial charge in [0.15, 0.2) is 17.3 Å². The minimum atomic E-state index is -0.544. The van der Waals surface area contributed by atoms with Crippen molar-refractivity contribution in [3.8, 4) is 17.2 Å². The van der Waals surface area contributed by atoms with Gasteiger partial charge < -0.3 is 14.2 Å². The van der Waals surface area contributed by atoms with Gasteiger partial charge in [0, 0.05) is 11.1 Å². The molecule has 1 aliphatic rings. The SMILES string of the molecule is CCOc1cc(C(=O)CN2CCC[C@H]2C(=O)NC(=O)c2ccccc2)cc(OCC)c1OCC. The second-order valence-electron chi connectivity index (χ2n) is 7.84. The molecule has 1 N–H and O–H groups in total. The van der Waals surface area contributed by atoms with E-state index in [1.54, 1.807) is 42.5 Å². The van der Waals surface area contributed by atoms with Crippen LogP contribution in [0.3, 0.4) is 0 Å². The first-order valence-corrected chi connectivity index (χ1v) is 11.7. The summed E-state index contributed by atoms with van der Waals surface area (Å²) in [7, 11) is 0. The lowest BCUT2D eigenvalue weighted by Crippen LogP contribution is -2.46. The van der Waals surface area contributed by atoms with E-state index in [2.05, 4.69) is 5.32 Å². The molecule has 0 aromatic heterocycles. The van der Waals surface area contributed by atoms with Crippen LogP contribution in [-0.4, -0.2) is 61.4 Å². The van der Waals surface area contributed by atoms with Crippen molar-refractivity contribution in [1.29, 1.82) is 0 Å². The summed E-state index contributed by atoms with van der Waals surface area (Å²) < 4.78 is 17.1. The van der Waals surface area contributed by atoms with E-state index in [1.807, 2.05) is 25.7 Å². The molecule has 182 valence electrons. The van der Waals surface area contributed by atoms with Crippen molar-refractivity contribution in [2.45, 2.75) is 39.7 Å². The Morgan fingerprint density at radius 3 is 2.12 bits per heavy atom. The fraction of sp³-hybridized carbons (Fsp3) is 0.423. The number of nitrogens with zero attached hydrogens (tertiary/aromatic N) is 1. The van der Waals surface area contributed by atoms with Crippen LogP contribution in [0.4, 0.5) is 0 Å². The molecule has 2 aromatic rings. The number of Topliss-reactive ketones (excluding diaryl/α,β-unsaturated/α-hetero) is 1. The van der Waals surface area contributed by atoms with Crippen molar-refractivity contribution < 1.29 is 28.6 Å². The number of ether oxygens (including phenoxy) is 3. The first-order chi connectivity index (χ1) is 16.5. The topological polar surface area (TPSA) is 94.2 Å². The summed E-state index contributed by atoms with van der Waals surface area (Å²) in [6.07, 6.45) is 1.35. The van der Waals surface area contributed by atoms with Crippen LogP contribution in [0.5, 0.6) is 17.2 Å². The van der Waals surface area contributed by atoms with E-state index in [-0.39, 0.29) is 12.3 Å². The van der Waals surface area contributed by atoms with Crippen molar-refractivity contribution in [2.75, 3.05) is 32.9 Å². The highest BCUT2D eigenvalue weighted by Gasteiger charge is 2.33. The number of hydrogen-bond acceptors (Lipinski definition) is 7. The van der Waals surface area contributed by atoms with E-state index in [0.717, 1.165) is 6.42 Å². The van der Waals surface area contributed by atoms with Crippen LogP contribution in [0, 0.1) is 0 Å². The maximum atomic E-state index is 13.2. The highest BCUT2D eigenvalue weighted by Crippen LogP contribution is 2.39. The van der Waals surface area contributed by atoms with Crippen molar-refractivity contribution in [3.05, 3.63) is 53.6 Å². The fourth-order valence-corrected chi connectivity index (χ4v) is 3.99. The zero-order chi connectivity index (χ0) is 24.5. The van der Waals surface area contributed by atoms with Gasteiger partial charge in [-0.05, 0) is 64.4 Å². The molecular weight excluding hydrogens is 436 g/mol. The van der Waals surface area contributed by atoms with Gasteiger partial charge >= 0.3 is 0 Å². The Labute approximate surface area is 200 Å². The van der Waals surface area contributed by atoms with Gasteiger partial charge in [-0.3, -0.25) is 24.6 Å². The number of carbonyl (C=O) groups is 3. The molecule has 1 heterocycles. The summed E-state index contributed by atoms with van der Waals surface area (Å²) in [4.78, 5) is 40.2. The molecule has 3 rings (SSSR count). The summed E-state index contributed by atoms with van der Waals surface area (Å²) in [5.74, 6) is 0.360. The summed E-state index contributed by atoms with van der Waals surface area (Å²) in [5.41, 5.74) is 0.833. The Hall–Kier alpha value is -3.39. The molecule has 0 radical (unpaired) electrons. The van der Waals surface area contributed by atoms with Crippen molar-refractivity contribution in [2.24, 2.45) is 0 Å². The fourth-order valence-electron chi connectivity index (χ4n) is 3.99. The first-order valence-electron chi connectivity index (χ1n) is 11.7. The number of amides is 2. The molecule has 0 aliphatic carbocycles. The quantitative estimate of drug-likeness (QED) is 0.399. The molecule has 34 heavy (non-hydrogen) atoms. The average molecular weight is 469 g/mol. The molecule has 0 unspecified atom stereocenters. The van der Waals surface area contributed by atoms with Gasteiger partial charge in [0.25, 0.3) is 5.91 Å². The van der Waals surface area contributed by atoms with Gasteiger partial charge in [-0.25, -0.2) is 0 Å². The number of likely N-dealkylation sites (tertiary alicyclic amines) is 1. The predicted molar refractivity (Wildman–Crippen MR) is 128 cm³/mol. The zero-order valence-corrected chi connectivity index (χ0v) is 20.0. The van der Waals surface area contributed by atoms with E-state index in [1.165, 1.54) is 0 Å². The third-order valence-electron chi connectivity index (χ3n) is 5.52. The van der Waals surface area contributed by atoms with Gasteiger partial charge in [0.1, 0.15) is 0 Å². The normalized spacial score (nSPS) is 15.6. The van der Waals surface area contributed by atoms with Crippen LogP contribution in [0.1, 0.15) is 54.3 Å². The first kappa shape index (κ1) is 25.2. The minimum absolute atomic E-state index is 0.0444. The number of carbonyl (C=O) groups excluding carboxylic acids is 3. The Morgan fingerprint density at radius 2 is 1.53 bits per heavy atom. The highest BCUT2D eigenvalue weighted by molar-refractivity contribution is 6.06. The number of ketones is 1. The van der Waals surface area contributed by atoms with Crippen molar-refractivity contribution in [3.63, 3.8) is 0 Å². The molecule has 0 saturated carbocycles. The minimum Gasteiger partial charge on any atom is -0.490 e. The van der Waals surface area contributed by atoms with Crippen LogP contribution in [0.2, 0.25) is 0 Å². The molecule has 1 saturated heterocycles. The number of hydrogen-bond donors (Lipinski definition) is 1. The predicted octanol–water partition coefficient (Wildman–Crippen LogP) is 3.49. The number of nitrogens with one attached hydrogen (secondary N) is 1. The van der Waals surface area contributed by atoms with Crippen LogP contribution < -0.4 is 19.5 Å². The van der Waals surface area contributed by atoms with Crippen LogP contribution >= 0.6 is 0 Å². The molecule has 1 fully saturated rings. The van der Waals surface area contributed by atoms with E-state index in [4.69, 9.17) is 14.2 Å². The van der Waals surface area contributed by atoms with Crippen LogP contribution in [0.25, 0.3) is 0 Å². The second kappa shape index (κ2) is 12.2. The average Bonchev–Trinajstić information content (AvgIpc) is 3.30. The van der Waals surface area contributed by atoms with Crippen LogP contribution in [0.15, 0.2) is 42.5 Å².